The zero-order chi connectivity index (χ0) is 19.4. The maximum atomic E-state index is 13.3. The van der Waals surface area contributed by atoms with Gasteiger partial charge in [-0.15, -0.1) is 0 Å². The van der Waals surface area contributed by atoms with Gasteiger partial charge in [0.05, 0.1) is 0 Å². The Labute approximate surface area is 160 Å². The van der Waals surface area contributed by atoms with E-state index in [1.165, 1.54) is 0 Å². The summed E-state index contributed by atoms with van der Waals surface area (Å²) in [5, 5.41) is 2.90. The number of unbranched alkanes of at least 4 members (excludes halogenated alkanes) is 1. The third kappa shape index (κ3) is 3.70. The zero-order valence-electron chi connectivity index (χ0n) is 16.2. The van der Waals surface area contributed by atoms with Crippen LogP contribution in [0.15, 0.2) is 30.3 Å². The Balaban J connectivity index is 1.82. The molecule has 3 rings (SSSR count). The summed E-state index contributed by atoms with van der Waals surface area (Å²) >= 11 is 0. The van der Waals surface area contributed by atoms with Crippen LogP contribution in [0.3, 0.4) is 0 Å². The van der Waals surface area contributed by atoms with Crippen molar-refractivity contribution in [1.29, 1.82) is 0 Å². The fourth-order valence-corrected chi connectivity index (χ4v) is 4.14. The number of amides is 4. The molecule has 2 unspecified atom stereocenters. The van der Waals surface area contributed by atoms with Crippen LogP contribution in [0.2, 0.25) is 0 Å². The highest BCUT2D eigenvalue weighted by molar-refractivity contribution is 6.09. The van der Waals surface area contributed by atoms with Crippen LogP contribution in [0.1, 0.15) is 57.9 Å². The lowest BCUT2D eigenvalue weighted by atomic mass is 9.85. The van der Waals surface area contributed by atoms with Crippen LogP contribution in [-0.2, 0) is 15.1 Å². The van der Waals surface area contributed by atoms with Gasteiger partial charge >= 0.3 is 6.03 Å². The summed E-state index contributed by atoms with van der Waals surface area (Å²) < 4.78 is 0. The SMILES string of the molecule is CCCCC1(c2ccccc2)NC(=O)N(CC(=O)N2CCCCC2C)C1=O. The molecule has 2 saturated heterocycles. The van der Waals surface area contributed by atoms with Gasteiger partial charge < -0.3 is 10.2 Å². The molecule has 146 valence electrons. The molecule has 2 aliphatic heterocycles. The maximum Gasteiger partial charge on any atom is 0.325 e. The summed E-state index contributed by atoms with van der Waals surface area (Å²) in [5.41, 5.74) is -0.291. The lowest BCUT2D eigenvalue weighted by Gasteiger charge is -2.34. The van der Waals surface area contributed by atoms with Crippen molar-refractivity contribution in [3.05, 3.63) is 35.9 Å². The van der Waals surface area contributed by atoms with E-state index in [0.717, 1.165) is 42.6 Å². The molecular formula is C21H29N3O3. The van der Waals surface area contributed by atoms with Crippen molar-refractivity contribution < 1.29 is 14.4 Å². The smallest absolute Gasteiger partial charge is 0.325 e. The van der Waals surface area contributed by atoms with Crippen molar-refractivity contribution in [3.63, 3.8) is 0 Å². The van der Waals surface area contributed by atoms with E-state index in [9.17, 15) is 14.4 Å². The molecule has 0 spiro atoms. The molecule has 0 aromatic heterocycles. The monoisotopic (exact) mass is 371 g/mol. The highest BCUT2D eigenvalue weighted by atomic mass is 16.2. The van der Waals surface area contributed by atoms with Gasteiger partial charge in [-0.2, -0.15) is 0 Å². The highest BCUT2D eigenvalue weighted by Crippen LogP contribution is 2.34. The van der Waals surface area contributed by atoms with Gasteiger partial charge in [0.15, 0.2) is 0 Å². The summed E-state index contributed by atoms with van der Waals surface area (Å²) in [6.45, 7) is 4.59. The van der Waals surface area contributed by atoms with Gasteiger partial charge in [0.25, 0.3) is 5.91 Å². The fraction of sp³-hybridized carbons (Fsp3) is 0.571. The molecule has 0 bridgehead atoms. The van der Waals surface area contributed by atoms with Gasteiger partial charge in [-0.3, -0.25) is 14.5 Å². The number of urea groups is 1. The summed E-state index contributed by atoms with van der Waals surface area (Å²) in [6, 6.07) is 9.04. The van der Waals surface area contributed by atoms with Crippen LogP contribution in [0.25, 0.3) is 0 Å². The van der Waals surface area contributed by atoms with Crippen LogP contribution in [-0.4, -0.2) is 46.8 Å². The van der Waals surface area contributed by atoms with Gasteiger partial charge in [0, 0.05) is 12.6 Å². The molecule has 2 fully saturated rings. The molecule has 0 aliphatic carbocycles. The molecule has 2 heterocycles. The van der Waals surface area contributed by atoms with Crippen LogP contribution in [0.5, 0.6) is 0 Å². The number of rotatable bonds is 6. The highest BCUT2D eigenvalue weighted by Gasteiger charge is 2.52. The van der Waals surface area contributed by atoms with E-state index in [1.807, 2.05) is 37.3 Å². The first-order valence-corrected chi connectivity index (χ1v) is 9.98. The van der Waals surface area contributed by atoms with Crippen LogP contribution in [0.4, 0.5) is 4.79 Å². The molecule has 4 amide bonds. The molecule has 1 aromatic rings. The molecular weight excluding hydrogens is 342 g/mol. The number of likely N-dealkylation sites (tertiary alicyclic amines) is 1. The number of benzene rings is 1. The lowest BCUT2D eigenvalue weighted by molar-refractivity contribution is -0.141. The third-order valence-corrected chi connectivity index (χ3v) is 5.76. The Bertz CT molecular complexity index is 706. The normalized spacial score (nSPS) is 25.6. The van der Waals surface area contributed by atoms with Crippen LogP contribution >= 0.6 is 0 Å². The molecule has 1 N–H and O–H groups in total. The topological polar surface area (TPSA) is 69.7 Å². The summed E-state index contributed by atoms with van der Waals surface area (Å²) in [4.78, 5) is 41.7. The molecule has 6 nitrogen and oxygen atoms in total. The molecule has 27 heavy (non-hydrogen) atoms. The summed E-state index contributed by atoms with van der Waals surface area (Å²) in [5.74, 6) is -0.463. The van der Waals surface area contributed by atoms with Crippen molar-refractivity contribution in [1.82, 2.24) is 15.1 Å². The van der Waals surface area contributed by atoms with E-state index in [1.54, 1.807) is 4.90 Å². The number of hydrogen-bond acceptors (Lipinski definition) is 3. The Morgan fingerprint density at radius 1 is 1.22 bits per heavy atom. The van der Waals surface area contributed by atoms with Crippen molar-refractivity contribution in [2.24, 2.45) is 0 Å². The van der Waals surface area contributed by atoms with E-state index in [0.29, 0.717) is 13.0 Å². The number of nitrogens with zero attached hydrogens (tertiary/aromatic N) is 2. The van der Waals surface area contributed by atoms with Gasteiger partial charge in [0.2, 0.25) is 5.91 Å². The van der Waals surface area contributed by atoms with Crippen LogP contribution in [0, 0.1) is 0 Å². The van der Waals surface area contributed by atoms with Gasteiger partial charge in [-0.05, 0) is 38.2 Å². The average molecular weight is 371 g/mol. The Kier molecular flexibility index (Phi) is 5.82. The minimum Gasteiger partial charge on any atom is -0.338 e. The van der Waals surface area contributed by atoms with E-state index in [-0.39, 0.29) is 24.4 Å². The van der Waals surface area contributed by atoms with Crippen molar-refractivity contribution in [3.8, 4) is 0 Å². The molecule has 2 aliphatic rings. The molecule has 6 heteroatoms. The molecule has 0 saturated carbocycles. The third-order valence-electron chi connectivity index (χ3n) is 5.76. The largest absolute Gasteiger partial charge is 0.338 e. The Morgan fingerprint density at radius 2 is 1.96 bits per heavy atom. The second-order valence-electron chi connectivity index (χ2n) is 7.63. The molecule has 2 atom stereocenters. The fourth-order valence-electron chi connectivity index (χ4n) is 4.14. The predicted molar refractivity (Wildman–Crippen MR) is 103 cm³/mol. The minimum atomic E-state index is -1.07. The number of piperidine rings is 1. The number of nitrogens with one attached hydrogen (secondary N) is 1. The van der Waals surface area contributed by atoms with Gasteiger partial charge in [0.1, 0.15) is 12.1 Å². The van der Waals surface area contributed by atoms with Crippen molar-refractivity contribution in [2.45, 2.75) is 64.0 Å². The minimum absolute atomic E-state index is 0.148. The van der Waals surface area contributed by atoms with E-state index >= 15 is 0 Å². The van der Waals surface area contributed by atoms with E-state index < -0.39 is 11.6 Å². The van der Waals surface area contributed by atoms with E-state index in [2.05, 4.69) is 12.2 Å². The zero-order valence-corrected chi connectivity index (χ0v) is 16.2. The first-order valence-electron chi connectivity index (χ1n) is 9.98. The average Bonchev–Trinajstić information content (AvgIpc) is 2.92. The van der Waals surface area contributed by atoms with Crippen molar-refractivity contribution in [2.75, 3.05) is 13.1 Å². The number of imide groups is 1. The lowest BCUT2D eigenvalue weighted by Crippen LogP contribution is -2.49. The molecule has 1 aromatic carbocycles. The van der Waals surface area contributed by atoms with Gasteiger partial charge in [-0.1, -0.05) is 50.1 Å². The quantitative estimate of drug-likeness (QED) is 0.782. The second kappa shape index (κ2) is 8.11. The predicted octanol–water partition coefficient (Wildman–Crippen LogP) is 3.02. The Morgan fingerprint density at radius 3 is 2.63 bits per heavy atom. The number of carbonyl (C=O) groups excluding carboxylic acids is 3. The molecule has 0 radical (unpaired) electrons. The second-order valence-corrected chi connectivity index (χ2v) is 7.63. The van der Waals surface area contributed by atoms with E-state index in [4.69, 9.17) is 0 Å². The standard InChI is InChI=1S/C21H29N3O3/c1-3-4-13-21(17-11-6-5-7-12-17)19(26)24(20(27)22-21)15-18(25)23-14-9-8-10-16(23)2/h5-7,11-12,16H,3-4,8-10,13-15H2,1-2H3,(H,22,27). The summed E-state index contributed by atoms with van der Waals surface area (Å²) in [7, 11) is 0. The van der Waals surface area contributed by atoms with Crippen molar-refractivity contribution >= 4 is 17.8 Å². The maximum absolute atomic E-state index is 13.3. The van der Waals surface area contributed by atoms with Gasteiger partial charge in [-0.25, -0.2) is 4.79 Å². The first kappa shape index (κ1) is 19.4. The number of hydrogen-bond donors (Lipinski definition) is 1. The number of carbonyl (C=O) groups is 3. The first-order chi connectivity index (χ1) is 13.0. The van der Waals surface area contributed by atoms with Crippen LogP contribution < -0.4 is 5.32 Å². The summed E-state index contributed by atoms with van der Waals surface area (Å²) in [6.07, 6.45) is 5.32. The Hall–Kier alpha value is -2.37.